The number of benzene rings is 2. The van der Waals surface area contributed by atoms with Crippen molar-refractivity contribution in [3.63, 3.8) is 0 Å². The smallest absolute Gasteiger partial charge is 0.119 e. The van der Waals surface area contributed by atoms with Gasteiger partial charge in [0.1, 0.15) is 11.5 Å². The first-order valence-electron chi connectivity index (χ1n) is 11.4. The molecule has 0 N–H and O–H groups in total. The van der Waals surface area contributed by atoms with E-state index in [-0.39, 0.29) is 0 Å². The third kappa shape index (κ3) is 11.8. The van der Waals surface area contributed by atoms with Gasteiger partial charge in [0.05, 0.1) is 13.2 Å². The summed E-state index contributed by atoms with van der Waals surface area (Å²) < 4.78 is 14.2. The number of unbranched alkanes of at least 4 members (excludes halogenated alkanes) is 6. The summed E-state index contributed by atoms with van der Waals surface area (Å²) in [5.41, 5.74) is 2.72. The molecule has 0 aliphatic carbocycles. The molecule has 4 heteroatoms. The molecule has 0 amide bonds. The lowest BCUT2D eigenvalue weighted by molar-refractivity contribution is 0.305. The summed E-state index contributed by atoms with van der Waals surface area (Å²) in [5, 5.41) is 0. The van der Waals surface area contributed by atoms with E-state index in [2.05, 4.69) is 93.7 Å². The Kier molecular flexibility index (Phi) is 14.7. The van der Waals surface area contributed by atoms with E-state index in [9.17, 15) is 0 Å². The molecule has 2 nitrogen and oxygen atoms in total. The van der Waals surface area contributed by atoms with Gasteiger partial charge in [-0.15, -0.1) is 0 Å². The minimum Gasteiger partial charge on any atom is -0.494 e. The van der Waals surface area contributed by atoms with Crippen molar-refractivity contribution < 1.29 is 9.47 Å². The van der Waals surface area contributed by atoms with Crippen molar-refractivity contribution in [1.82, 2.24) is 0 Å². The van der Waals surface area contributed by atoms with Crippen LogP contribution in [0.5, 0.6) is 11.5 Å². The maximum Gasteiger partial charge on any atom is 0.119 e. The molecular weight excluding hydrogens is 598 g/mol. The highest BCUT2D eigenvalue weighted by molar-refractivity contribution is 14.1. The summed E-state index contributed by atoms with van der Waals surface area (Å²) in [4.78, 5) is 0. The third-order valence-corrected chi connectivity index (χ3v) is 6.67. The lowest BCUT2D eigenvalue weighted by Gasteiger charge is -2.09. The second kappa shape index (κ2) is 17.1. The second-order valence-corrected chi connectivity index (χ2v) is 9.85. The van der Waals surface area contributed by atoms with Crippen molar-refractivity contribution in [2.24, 2.45) is 0 Å². The largest absolute Gasteiger partial charge is 0.494 e. The summed E-state index contributed by atoms with van der Waals surface area (Å²) in [6, 6.07) is 17.2. The monoisotopic (exact) mass is 634 g/mol. The number of alkyl halides is 2. The average molecular weight is 634 g/mol. The number of hydrogen-bond donors (Lipinski definition) is 0. The Balaban J connectivity index is 1.61. The average Bonchev–Trinajstić information content (AvgIpc) is 2.79. The zero-order chi connectivity index (χ0) is 21.3. The Morgan fingerprint density at radius 2 is 0.833 bits per heavy atom. The molecule has 0 saturated carbocycles. The van der Waals surface area contributed by atoms with Crippen LogP contribution in [0, 0.1) is 0 Å². The van der Waals surface area contributed by atoms with E-state index >= 15 is 0 Å². The molecule has 0 atom stereocenters. The predicted molar refractivity (Wildman–Crippen MR) is 146 cm³/mol. The van der Waals surface area contributed by atoms with Gasteiger partial charge in [-0.3, -0.25) is 0 Å². The Morgan fingerprint density at radius 3 is 1.20 bits per heavy atom. The van der Waals surface area contributed by atoms with Crippen LogP contribution < -0.4 is 9.47 Å². The molecule has 0 fully saturated rings. The Labute approximate surface area is 210 Å². The topological polar surface area (TPSA) is 18.5 Å². The quantitative estimate of drug-likeness (QED) is 0.0993. The van der Waals surface area contributed by atoms with Crippen molar-refractivity contribution in [2.45, 2.75) is 64.2 Å². The van der Waals surface area contributed by atoms with Crippen molar-refractivity contribution in [3.8, 4) is 11.5 Å². The molecule has 0 saturated heterocycles. The van der Waals surface area contributed by atoms with Gasteiger partial charge < -0.3 is 9.47 Å². The fourth-order valence-electron chi connectivity index (χ4n) is 3.27. The molecule has 30 heavy (non-hydrogen) atoms. The predicted octanol–water partition coefficient (Wildman–Crippen LogP) is 8.22. The number of halogens is 2. The molecule has 0 radical (unpaired) electrons. The molecule has 0 unspecified atom stereocenters. The molecule has 2 aromatic carbocycles. The fraction of sp³-hybridized carbons (Fsp3) is 0.538. The van der Waals surface area contributed by atoms with Gasteiger partial charge in [0.2, 0.25) is 0 Å². The third-order valence-electron chi connectivity index (χ3n) is 5.14. The van der Waals surface area contributed by atoms with Gasteiger partial charge in [0.15, 0.2) is 0 Å². The van der Waals surface area contributed by atoms with Crippen LogP contribution >= 0.6 is 45.2 Å². The zero-order valence-electron chi connectivity index (χ0n) is 18.1. The number of hydrogen-bond acceptors (Lipinski definition) is 2. The molecule has 0 aliphatic heterocycles. The molecule has 0 bridgehead atoms. The van der Waals surface area contributed by atoms with Crippen LogP contribution in [0.1, 0.15) is 62.5 Å². The Hall–Kier alpha value is -0.500. The first-order valence-corrected chi connectivity index (χ1v) is 14.4. The van der Waals surface area contributed by atoms with Crippen LogP contribution in [0.25, 0.3) is 0 Å². The summed E-state index contributed by atoms with van der Waals surface area (Å²) in [6.45, 7) is 1.65. The van der Waals surface area contributed by atoms with Gasteiger partial charge in [-0.25, -0.2) is 0 Å². The molecule has 2 rings (SSSR count). The minimum absolute atomic E-state index is 0.827. The van der Waals surface area contributed by atoms with Crippen LogP contribution in [0.3, 0.4) is 0 Å². The van der Waals surface area contributed by atoms with Crippen molar-refractivity contribution in [1.29, 1.82) is 0 Å². The van der Waals surface area contributed by atoms with Crippen molar-refractivity contribution in [2.75, 3.05) is 22.1 Å². The highest BCUT2D eigenvalue weighted by Crippen LogP contribution is 2.17. The van der Waals surface area contributed by atoms with Gasteiger partial charge in [0.25, 0.3) is 0 Å². The van der Waals surface area contributed by atoms with Crippen LogP contribution in [0.4, 0.5) is 0 Å². The van der Waals surface area contributed by atoms with E-state index in [1.807, 2.05) is 0 Å². The molecule has 166 valence electrons. The maximum atomic E-state index is 5.86. The van der Waals surface area contributed by atoms with E-state index in [0.29, 0.717) is 0 Å². The van der Waals surface area contributed by atoms with Crippen molar-refractivity contribution >= 4 is 45.2 Å². The van der Waals surface area contributed by atoms with E-state index < -0.39 is 0 Å². The number of ether oxygens (including phenoxy) is 2. The molecule has 0 heterocycles. The van der Waals surface area contributed by atoms with E-state index in [0.717, 1.165) is 50.4 Å². The Bertz CT molecular complexity index is 596. The summed E-state index contributed by atoms with van der Waals surface area (Å²) >= 11 is 4.89. The van der Waals surface area contributed by atoms with Crippen LogP contribution in [-0.2, 0) is 12.8 Å². The summed E-state index contributed by atoms with van der Waals surface area (Å²) in [7, 11) is 0. The van der Waals surface area contributed by atoms with Crippen LogP contribution in [-0.4, -0.2) is 22.1 Å². The summed E-state index contributed by atoms with van der Waals surface area (Å²) in [5.74, 6) is 1.98. The molecular formula is C26H36I2O2. The number of rotatable bonds is 17. The molecule has 2 aromatic rings. The molecule has 0 spiro atoms. The fourth-order valence-corrected chi connectivity index (χ4v) is 4.35. The van der Waals surface area contributed by atoms with Gasteiger partial charge in [-0.2, -0.15) is 0 Å². The van der Waals surface area contributed by atoms with Gasteiger partial charge in [-0.05, 0) is 82.8 Å². The lowest BCUT2D eigenvalue weighted by Crippen LogP contribution is -1.98. The second-order valence-electron chi connectivity index (χ2n) is 7.69. The zero-order valence-corrected chi connectivity index (χ0v) is 22.4. The number of aryl methyl sites for hydroxylation is 2. The molecule has 0 aromatic heterocycles. The van der Waals surface area contributed by atoms with Gasteiger partial charge in [0, 0.05) is 0 Å². The summed E-state index contributed by atoms with van der Waals surface area (Å²) in [6.07, 6.45) is 12.2. The maximum absolute atomic E-state index is 5.86. The first-order chi connectivity index (χ1) is 14.8. The Morgan fingerprint density at radius 1 is 0.467 bits per heavy atom. The van der Waals surface area contributed by atoms with E-state index in [1.165, 1.54) is 58.5 Å². The molecule has 0 aliphatic rings. The van der Waals surface area contributed by atoms with Crippen LogP contribution in [0.15, 0.2) is 48.5 Å². The lowest BCUT2D eigenvalue weighted by atomic mass is 10.0. The van der Waals surface area contributed by atoms with Crippen molar-refractivity contribution in [3.05, 3.63) is 59.7 Å². The highest BCUT2D eigenvalue weighted by atomic mass is 127. The first kappa shape index (κ1) is 25.8. The minimum atomic E-state index is 0.827. The standard InChI is InChI=1S/C26H36I2O2/c27-19-5-1-3-7-21-29-25-15-11-23(12-16-25)9-10-24-13-17-26(18-14-24)30-22-8-4-2-6-20-28/h11-18H,1-10,19-22H2. The van der Waals surface area contributed by atoms with Crippen LogP contribution in [0.2, 0.25) is 0 Å². The van der Waals surface area contributed by atoms with E-state index in [1.54, 1.807) is 0 Å². The normalized spacial score (nSPS) is 10.9. The van der Waals surface area contributed by atoms with E-state index in [4.69, 9.17) is 9.47 Å². The highest BCUT2D eigenvalue weighted by Gasteiger charge is 2.00. The SMILES string of the molecule is ICCCCCCOc1ccc(CCc2ccc(OCCCCCCI)cc2)cc1. The van der Waals surface area contributed by atoms with Gasteiger partial charge in [-0.1, -0.05) is 95.1 Å². The van der Waals surface area contributed by atoms with Gasteiger partial charge >= 0.3 is 0 Å².